The fourth-order valence-electron chi connectivity index (χ4n) is 1.57. The van der Waals surface area contributed by atoms with Crippen molar-refractivity contribution in [2.45, 2.75) is 6.54 Å². The Morgan fingerprint density at radius 3 is 2.53 bits per heavy atom. The third-order valence-electron chi connectivity index (χ3n) is 2.56. The first-order chi connectivity index (χ1) is 9.17. The van der Waals surface area contributed by atoms with Gasteiger partial charge in [0.2, 0.25) is 11.8 Å². The zero-order valence-corrected chi connectivity index (χ0v) is 10.7. The van der Waals surface area contributed by atoms with Crippen molar-refractivity contribution in [3.05, 3.63) is 35.9 Å². The van der Waals surface area contributed by atoms with Crippen molar-refractivity contribution >= 4 is 11.8 Å². The number of nitrogens with one attached hydrogen (secondary N) is 1. The van der Waals surface area contributed by atoms with E-state index in [1.807, 2.05) is 30.3 Å². The molecule has 1 rings (SSSR count). The van der Waals surface area contributed by atoms with Gasteiger partial charge in [-0.1, -0.05) is 30.3 Å². The van der Waals surface area contributed by atoms with E-state index in [2.05, 4.69) is 5.32 Å². The first-order valence-electron chi connectivity index (χ1n) is 6.06. The molecular formula is C13H19N3O3. The van der Waals surface area contributed by atoms with Crippen LogP contribution in [0.2, 0.25) is 0 Å². The molecule has 4 N–H and O–H groups in total. The molecule has 0 spiro atoms. The van der Waals surface area contributed by atoms with Crippen LogP contribution in [-0.4, -0.2) is 48.1 Å². The van der Waals surface area contributed by atoms with E-state index in [0.29, 0.717) is 6.54 Å². The van der Waals surface area contributed by atoms with Crippen LogP contribution < -0.4 is 11.1 Å². The molecule has 6 nitrogen and oxygen atoms in total. The van der Waals surface area contributed by atoms with Crippen LogP contribution in [0.4, 0.5) is 0 Å². The van der Waals surface area contributed by atoms with Crippen molar-refractivity contribution in [2.75, 3.05) is 26.2 Å². The molecule has 1 aromatic rings. The smallest absolute Gasteiger partial charge is 0.242 e. The molecule has 104 valence electrons. The van der Waals surface area contributed by atoms with E-state index in [9.17, 15) is 9.59 Å². The van der Waals surface area contributed by atoms with Gasteiger partial charge in [-0.25, -0.2) is 0 Å². The highest BCUT2D eigenvalue weighted by atomic mass is 16.3. The minimum absolute atomic E-state index is 0.108. The summed E-state index contributed by atoms with van der Waals surface area (Å²) in [6, 6.07) is 9.45. The Morgan fingerprint density at radius 1 is 1.26 bits per heavy atom. The van der Waals surface area contributed by atoms with E-state index < -0.39 is 0 Å². The van der Waals surface area contributed by atoms with Gasteiger partial charge in [0.15, 0.2) is 0 Å². The maximum atomic E-state index is 11.9. The number of amides is 2. The quantitative estimate of drug-likeness (QED) is 0.594. The standard InChI is InChI=1S/C13H19N3O3/c14-8-12(18)15-9-13(19)16(6-7-17)10-11-4-2-1-3-5-11/h1-5,17H,6-10,14H2,(H,15,18). The van der Waals surface area contributed by atoms with Crippen molar-refractivity contribution in [1.29, 1.82) is 0 Å². The number of carbonyl (C=O) groups is 2. The van der Waals surface area contributed by atoms with Gasteiger partial charge in [0, 0.05) is 13.1 Å². The molecule has 2 amide bonds. The van der Waals surface area contributed by atoms with E-state index in [1.54, 1.807) is 0 Å². The Kier molecular flexibility index (Phi) is 6.56. The summed E-state index contributed by atoms with van der Waals surface area (Å²) in [6.45, 7) is 0.253. The van der Waals surface area contributed by atoms with Crippen LogP contribution in [-0.2, 0) is 16.1 Å². The molecule has 0 aliphatic heterocycles. The van der Waals surface area contributed by atoms with Gasteiger partial charge in [-0.3, -0.25) is 9.59 Å². The molecule has 0 saturated heterocycles. The molecule has 0 fully saturated rings. The van der Waals surface area contributed by atoms with Gasteiger partial charge in [0.05, 0.1) is 19.7 Å². The number of carbonyl (C=O) groups excluding carboxylic acids is 2. The fraction of sp³-hybridized carbons (Fsp3) is 0.385. The monoisotopic (exact) mass is 265 g/mol. The number of aliphatic hydroxyl groups excluding tert-OH is 1. The van der Waals surface area contributed by atoms with Crippen molar-refractivity contribution in [1.82, 2.24) is 10.2 Å². The van der Waals surface area contributed by atoms with E-state index >= 15 is 0 Å². The van der Waals surface area contributed by atoms with Crippen molar-refractivity contribution < 1.29 is 14.7 Å². The Labute approximate surface area is 112 Å². The van der Waals surface area contributed by atoms with Gasteiger partial charge in [-0.05, 0) is 5.56 Å². The molecule has 0 unspecified atom stereocenters. The molecule has 0 aliphatic rings. The molecule has 0 aromatic heterocycles. The molecule has 1 aromatic carbocycles. The van der Waals surface area contributed by atoms with E-state index in [1.165, 1.54) is 4.90 Å². The third-order valence-corrected chi connectivity index (χ3v) is 2.56. The molecule has 0 heterocycles. The van der Waals surface area contributed by atoms with Crippen LogP contribution in [0, 0.1) is 0 Å². The van der Waals surface area contributed by atoms with E-state index in [4.69, 9.17) is 10.8 Å². The first-order valence-corrected chi connectivity index (χ1v) is 6.06. The summed E-state index contributed by atoms with van der Waals surface area (Å²) < 4.78 is 0. The summed E-state index contributed by atoms with van der Waals surface area (Å²) in [4.78, 5) is 24.4. The molecule has 0 radical (unpaired) electrons. The maximum absolute atomic E-state index is 11.9. The second-order valence-corrected chi connectivity index (χ2v) is 4.01. The van der Waals surface area contributed by atoms with Crippen LogP contribution in [0.5, 0.6) is 0 Å². The van der Waals surface area contributed by atoms with E-state index in [0.717, 1.165) is 5.56 Å². The van der Waals surface area contributed by atoms with Crippen molar-refractivity contribution in [2.24, 2.45) is 5.73 Å². The molecule has 0 saturated carbocycles. The van der Waals surface area contributed by atoms with Crippen LogP contribution in [0.25, 0.3) is 0 Å². The summed E-state index contributed by atoms with van der Waals surface area (Å²) in [5.74, 6) is -0.628. The number of nitrogens with two attached hydrogens (primary N) is 1. The summed E-state index contributed by atoms with van der Waals surface area (Å²) in [7, 11) is 0. The number of hydrogen-bond donors (Lipinski definition) is 3. The lowest BCUT2D eigenvalue weighted by Gasteiger charge is -2.22. The number of benzene rings is 1. The SMILES string of the molecule is NCC(=O)NCC(=O)N(CCO)Cc1ccccc1. The van der Waals surface area contributed by atoms with Gasteiger partial charge < -0.3 is 21.1 Å². The minimum atomic E-state index is -0.378. The number of aliphatic hydroxyl groups is 1. The Morgan fingerprint density at radius 2 is 1.95 bits per heavy atom. The van der Waals surface area contributed by atoms with Crippen LogP contribution in [0.3, 0.4) is 0 Å². The summed E-state index contributed by atoms with van der Waals surface area (Å²) in [6.07, 6.45) is 0. The Balaban J connectivity index is 2.56. The van der Waals surface area contributed by atoms with Crippen molar-refractivity contribution in [3.63, 3.8) is 0 Å². The lowest BCUT2D eigenvalue weighted by molar-refractivity contribution is -0.133. The second kappa shape index (κ2) is 8.23. The molecule has 19 heavy (non-hydrogen) atoms. The summed E-state index contributed by atoms with van der Waals surface area (Å²) in [5.41, 5.74) is 6.11. The average molecular weight is 265 g/mol. The molecule has 0 atom stereocenters. The zero-order valence-electron chi connectivity index (χ0n) is 10.7. The molecule has 0 aliphatic carbocycles. The van der Waals surface area contributed by atoms with Gasteiger partial charge in [0.1, 0.15) is 0 Å². The largest absolute Gasteiger partial charge is 0.395 e. The summed E-state index contributed by atoms with van der Waals surface area (Å²) >= 11 is 0. The Hall–Kier alpha value is -1.92. The first kappa shape index (κ1) is 15.1. The highest BCUT2D eigenvalue weighted by Crippen LogP contribution is 2.04. The van der Waals surface area contributed by atoms with E-state index in [-0.39, 0.29) is 38.1 Å². The average Bonchev–Trinajstić information content (AvgIpc) is 2.45. The number of rotatable bonds is 7. The van der Waals surface area contributed by atoms with Crippen LogP contribution in [0.15, 0.2) is 30.3 Å². The Bertz CT molecular complexity index is 409. The predicted octanol–water partition coefficient (Wildman–Crippen LogP) is -0.918. The van der Waals surface area contributed by atoms with Gasteiger partial charge in [-0.2, -0.15) is 0 Å². The fourth-order valence-corrected chi connectivity index (χ4v) is 1.57. The number of nitrogens with zero attached hydrogens (tertiary/aromatic N) is 1. The molecule has 0 bridgehead atoms. The lowest BCUT2D eigenvalue weighted by Crippen LogP contribution is -2.42. The van der Waals surface area contributed by atoms with Crippen LogP contribution in [0.1, 0.15) is 5.56 Å². The highest BCUT2D eigenvalue weighted by Gasteiger charge is 2.14. The van der Waals surface area contributed by atoms with Gasteiger partial charge in [-0.15, -0.1) is 0 Å². The third kappa shape index (κ3) is 5.50. The van der Waals surface area contributed by atoms with Crippen LogP contribution >= 0.6 is 0 Å². The predicted molar refractivity (Wildman–Crippen MR) is 71.0 cm³/mol. The van der Waals surface area contributed by atoms with Gasteiger partial charge in [0.25, 0.3) is 0 Å². The number of hydrogen-bond acceptors (Lipinski definition) is 4. The maximum Gasteiger partial charge on any atom is 0.242 e. The topological polar surface area (TPSA) is 95.7 Å². The molecule has 6 heteroatoms. The molecular weight excluding hydrogens is 246 g/mol. The normalized spacial score (nSPS) is 10.0. The summed E-state index contributed by atoms with van der Waals surface area (Å²) in [5, 5.41) is 11.4. The zero-order chi connectivity index (χ0) is 14.1. The van der Waals surface area contributed by atoms with Gasteiger partial charge >= 0.3 is 0 Å². The minimum Gasteiger partial charge on any atom is -0.395 e. The highest BCUT2D eigenvalue weighted by molar-refractivity contribution is 5.85. The second-order valence-electron chi connectivity index (χ2n) is 4.01. The van der Waals surface area contributed by atoms with Crippen molar-refractivity contribution in [3.8, 4) is 0 Å². The lowest BCUT2D eigenvalue weighted by atomic mass is 10.2.